The number of H-pyrrole nitrogens is 1. The number of carbonyl (C=O) groups excluding carboxylic acids is 1. The number of benzene rings is 2. The van der Waals surface area contributed by atoms with Gasteiger partial charge in [-0.15, -0.1) is 0 Å². The third-order valence-electron chi connectivity index (χ3n) is 4.54. The van der Waals surface area contributed by atoms with E-state index >= 15 is 0 Å². The number of aromatic nitrogens is 2. The minimum Gasteiger partial charge on any atom is -0.387 e. The van der Waals surface area contributed by atoms with Gasteiger partial charge in [-0.2, -0.15) is 0 Å². The van der Waals surface area contributed by atoms with Crippen LogP contribution in [0.1, 0.15) is 34.9 Å². The normalized spacial score (nSPS) is 15.3. The molecule has 1 aliphatic rings. The number of nitrogens with zero attached hydrogens (tertiary/aromatic N) is 2. The summed E-state index contributed by atoms with van der Waals surface area (Å²) in [6.45, 7) is 0.191. The average molecular weight is 339 g/mol. The van der Waals surface area contributed by atoms with E-state index in [0.717, 1.165) is 23.9 Å². The van der Waals surface area contributed by atoms with Gasteiger partial charge in [0.2, 0.25) is 0 Å². The van der Waals surface area contributed by atoms with E-state index < -0.39 is 6.10 Å². The van der Waals surface area contributed by atoms with Gasteiger partial charge in [0.05, 0.1) is 30.0 Å². The lowest BCUT2D eigenvalue weighted by molar-refractivity contribution is 0.0603. The number of imidazole rings is 1. The number of aliphatic hydroxyl groups is 1. The fourth-order valence-electron chi connectivity index (χ4n) is 3.00. The van der Waals surface area contributed by atoms with Crippen molar-refractivity contribution in [1.82, 2.24) is 14.9 Å². The van der Waals surface area contributed by atoms with E-state index in [-0.39, 0.29) is 24.3 Å². The Kier molecular flexibility index (Phi) is 3.97. The largest absolute Gasteiger partial charge is 0.387 e. The molecule has 128 valence electrons. The van der Waals surface area contributed by atoms with Crippen LogP contribution in [0.25, 0.3) is 11.0 Å². The Hall–Kier alpha value is -2.73. The lowest BCUT2D eigenvalue weighted by Gasteiger charge is -2.25. The van der Waals surface area contributed by atoms with Crippen LogP contribution in [0.2, 0.25) is 0 Å². The van der Waals surface area contributed by atoms with E-state index in [1.54, 1.807) is 41.6 Å². The number of halogens is 1. The summed E-state index contributed by atoms with van der Waals surface area (Å²) in [5, 5.41) is 10.5. The van der Waals surface area contributed by atoms with Crippen LogP contribution in [0.3, 0.4) is 0 Å². The number of amides is 1. The molecule has 2 aromatic carbocycles. The maximum absolute atomic E-state index is 13.0. The van der Waals surface area contributed by atoms with Gasteiger partial charge in [-0.3, -0.25) is 4.79 Å². The topological polar surface area (TPSA) is 69.2 Å². The fourth-order valence-corrected chi connectivity index (χ4v) is 3.00. The maximum atomic E-state index is 13.0. The second-order valence-corrected chi connectivity index (χ2v) is 6.39. The molecule has 1 fully saturated rings. The number of hydrogen-bond acceptors (Lipinski definition) is 3. The smallest absolute Gasteiger partial charge is 0.254 e. The molecule has 25 heavy (non-hydrogen) atoms. The van der Waals surface area contributed by atoms with Crippen LogP contribution in [0.15, 0.2) is 48.8 Å². The maximum Gasteiger partial charge on any atom is 0.254 e. The van der Waals surface area contributed by atoms with E-state index in [0.29, 0.717) is 11.1 Å². The molecule has 1 amide bonds. The minimum absolute atomic E-state index is 0.111. The van der Waals surface area contributed by atoms with Gasteiger partial charge >= 0.3 is 0 Å². The number of carbonyl (C=O) groups is 1. The molecule has 1 atom stereocenters. The first-order valence-electron chi connectivity index (χ1n) is 8.29. The second kappa shape index (κ2) is 6.29. The summed E-state index contributed by atoms with van der Waals surface area (Å²) in [6.07, 6.45) is 2.62. The predicted molar refractivity (Wildman–Crippen MR) is 91.5 cm³/mol. The average Bonchev–Trinajstić information content (AvgIpc) is 3.35. The first-order valence-corrected chi connectivity index (χ1v) is 8.29. The van der Waals surface area contributed by atoms with Crippen molar-refractivity contribution in [2.45, 2.75) is 25.0 Å². The number of nitrogens with one attached hydrogen (secondary N) is 1. The molecular weight excluding hydrogens is 321 g/mol. The van der Waals surface area contributed by atoms with Crippen molar-refractivity contribution in [3.8, 4) is 0 Å². The highest BCUT2D eigenvalue weighted by Crippen LogP contribution is 2.30. The summed E-state index contributed by atoms with van der Waals surface area (Å²) in [5.74, 6) is -0.459. The Morgan fingerprint density at radius 1 is 1.28 bits per heavy atom. The van der Waals surface area contributed by atoms with Gasteiger partial charge in [0, 0.05) is 11.6 Å². The van der Waals surface area contributed by atoms with Crippen molar-refractivity contribution in [2.24, 2.45) is 0 Å². The molecule has 1 saturated carbocycles. The summed E-state index contributed by atoms with van der Waals surface area (Å²) in [6, 6.07) is 11.2. The molecule has 6 heteroatoms. The Balaban J connectivity index is 1.56. The van der Waals surface area contributed by atoms with Gasteiger partial charge in [-0.05, 0) is 48.7 Å². The fraction of sp³-hybridized carbons (Fsp3) is 0.263. The lowest BCUT2D eigenvalue weighted by Crippen LogP contribution is -2.36. The summed E-state index contributed by atoms with van der Waals surface area (Å²) in [5.41, 5.74) is 2.78. The lowest BCUT2D eigenvalue weighted by atomic mass is 10.1. The molecule has 4 rings (SSSR count). The zero-order valence-electron chi connectivity index (χ0n) is 13.5. The first-order chi connectivity index (χ1) is 12.1. The summed E-state index contributed by atoms with van der Waals surface area (Å²) in [4.78, 5) is 21.8. The van der Waals surface area contributed by atoms with E-state index in [4.69, 9.17) is 0 Å². The van der Waals surface area contributed by atoms with Crippen molar-refractivity contribution >= 4 is 16.9 Å². The number of hydrogen-bond donors (Lipinski definition) is 2. The molecule has 0 radical (unpaired) electrons. The zero-order valence-corrected chi connectivity index (χ0v) is 13.5. The molecule has 1 aliphatic carbocycles. The third kappa shape index (κ3) is 3.25. The monoisotopic (exact) mass is 339 g/mol. The Labute approximate surface area is 144 Å². The highest BCUT2D eigenvalue weighted by molar-refractivity contribution is 5.97. The van der Waals surface area contributed by atoms with E-state index in [1.807, 2.05) is 0 Å². The Morgan fingerprint density at radius 2 is 2.04 bits per heavy atom. The van der Waals surface area contributed by atoms with Crippen molar-refractivity contribution in [3.63, 3.8) is 0 Å². The molecule has 0 saturated heterocycles. The standard InChI is InChI=1S/C19H18FN3O2/c20-14-4-1-12(2-5-14)18(24)10-23(15-6-7-15)19(25)13-3-8-16-17(9-13)22-11-21-16/h1-5,8-9,11,15,18,24H,6-7,10H2,(H,21,22). The molecule has 0 bridgehead atoms. The molecule has 3 aromatic rings. The van der Waals surface area contributed by atoms with Crippen LogP contribution in [0.5, 0.6) is 0 Å². The van der Waals surface area contributed by atoms with Crippen LogP contribution >= 0.6 is 0 Å². The van der Waals surface area contributed by atoms with Gasteiger partial charge in [0.15, 0.2) is 0 Å². The quantitative estimate of drug-likeness (QED) is 0.751. The number of rotatable bonds is 5. The van der Waals surface area contributed by atoms with Crippen LogP contribution in [0.4, 0.5) is 4.39 Å². The van der Waals surface area contributed by atoms with E-state index in [9.17, 15) is 14.3 Å². The zero-order chi connectivity index (χ0) is 17.4. The molecule has 1 aromatic heterocycles. The minimum atomic E-state index is -0.846. The van der Waals surface area contributed by atoms with Crippen molar-refractivity contribution < 1.29 is 14.3 Å². The third-order valence-corrected chi connectivity index (χ3v) is 4.54. The van der Waals surface area contributed by atoms with Gasteiger partial charge in [-0.1, -0.05) is 12.1 Å². The molecular formula is C19H18FN3O2. The van der Waals surface area contributed by atoms with Crippen molar-refractivity contribution in [1.29, 1.82) is 0 Å². The van der Waals surface area contributed by atoms with Gasteiger partial charge in [0.25, 0.3) is 5.91 Å². The van der Waals surface area contributed by atoms with E-state index in [1.165, 1.54) is 12.1 Å². The number of aromatic amines is 1. The van der Waals surface area contributed by atoms with Crippen LogP contribution in [-0.4, -0.2) is 38.5 Å². The number of fused-ring (bicyclic) bond motifs is 1. The van der Waals surface area contributed by atoms with Crippen LogP contribution in [-0.2, 0) is 0 Å². The predicted octanol–water partition coefficient (Wildman–Crippen LogP) is 3.04. The second-order valence-electron chi connectivity index (χ2n) is 6.39. The molecule has 0 spiro atoms. The van der Waals surface area contributed by atoms with Gasteiger partial charge in [0.1, 0.15) is 5.82 Å². The Bertz CT molecular complexity index is 902. The molecule has 2 N–H and O–H groups in total. The van der Waals surface area contributed by atoms with Crippen LogP contribution < -0.4 is 0 Å². The molecule has 0 aliphatic heterocycles. The molecule has 1 unspecified atom stereocenters. The summed E-state index contributed by atoms with van der Waals surface area (Å²) in [7, 11) is 0. The van der Waals surface area contributed by atoms with E-state index in [2.05, 4.69) is 9.97 Å². The highest BCUT2D eigenvalue weighted by Gasteiger charge is 2.34. The van der Waals surface area contributed by atoms with Gasteiger partial charge in [-0.25, -0.2) is 9.37 Å². The summed E-state index contributed by atoms with van der Waals surface area (Å²) >= 11 is 0. The van der Waals surface area contributed by atoms with Crippen molar-refractivity contribution in [2.75, 3.05) is 6.54 Å². The van der Waals surface area contributed by atoms with Gasteiger partial charge < -0.3 is 15.0 Å². The SMILES string of the molecule is O=C(c1ccc2nc[nH]c2c1)N(CC(O)c1ccc(F)cc1)C1CC1. The number of aliphatic hydroxyl groups excluding tert-OH is 1. The summed E-state index contributed by atoms with van der Waals surface area (Å²) < 4.78 is 13.0. The molecule has 1 heterocycles. The van der Waals surface area contributed by atoms with Crippen molar-refractivity contribution in [3.05, 3.63) is 65.7 Å². The first kappa shape index (κ1) is 15.8. The molecule has 5 nitrogen and oxygen atoms in total. The Morgan fingerprint density at radius 3 is 2.76 bits per heavy atom. The van der Waals surface area contributed by atoms with Crippen LogP contribution in [0, 0.1) is 5.82 Å². The highest BCUT2D eigenvalue weighted by atomic mass is 19.1.